The van der Waals surface area contributed by atoms with Gasteiger partial charge in [0.05, 0.1) is 23.8 Å². The first-order valence-corrected chi connectivity index (χ1v) is 11.6. The van der Waals surface area contributed by atoms with Crippen LogP contribution in [0.5, 0.6) is 0 Å². The maximum absolute atomic E-state index is 13.8. The summed E-state index contributed by atoms with van der Waals surface area (Å²) in [5, 5.41) is 9.72. The van der Waals surface area contributed by atoms with Crippen LogP contribution < -0.4 is 5.56 Å². The minimum Gasteiger partial charge on any atom is -0.480 e. The largest absolute Gasteiger partial charge is 0.480 e. The molecule has 4 rings (SSSR count). The van der Waals surface area contributed by atoms with Gasteiger partial charge in [-0.1, -0.05) is 43.8 Å². The number of thioether (sulfide) groups is 1. The molecule has 0 aliphatic carbocycles. The summed E-state index contributed by atoms with van der Waals surface area (Å²) >= 11 is 2.57. The van der Waals surface area contributed by atoms with E-state index in [2.05, 4.69) is 13.8 Å². The van der Waals surface area contributed by atoms with E-state index in [1.807, 2.05) is 31.2 Å². The third-order valence-corrected chi connectivity index (χ3v) is 7.58. The molecule has 30 heavy (non-hydrogen) atoms. The number of benzene rings is 1. The number of nitrogens with zero attached hydrogens (tertiary/aromatic N) is 2. The van der Waals surface area contributed by atoms with Crippen molar-refractivity contribution in [2.45, 2.75) is 57.2 Å². The summed E-state index contributed by atoms with van der Waals surface area (Å²) < 4.78 is 7.56. The van der Waals surface area contributed by atoms with Gasteiger partial charge in [0.25, 0.3) is 5.56 Å². The molecule has 1 N–H and O–H groups in total. The number of aromatic nitrogens is 2. The van der Waals surface area contributed by atoms with E-state index in [0.29, 0.717) is 34.3 Å². The van der Waals surface area contributed by atoms with Gasteiger partial charge in [0.2, 0.25) is 0 Å². The fraction of sp³-hybridized carbons (Fsp3) is 0.409. The average Bonchev–Trinajstić information content (AvgIpc) is 3.06. The summed E-state index contributed by atoms with van der Waals surface area (Å²) in [5.74, 6) is -0.588. The van der Waals surface area contributed by atoms with Crippen molar-refractivity contribution >= 4 is 39.3 Å². The second kappa shape index (κ2) is 8.17. The van der Waals surface area contributed by atoms with Gasteiger partial charge in [-0.2, -0.15) is 0 Å². The standard InChI is InChI=1S/C22H24N2O4S2/c1-11(2)16-9-14-17(10-28-16)30-19-18(14)20(25)24(15-8-6-5-7-12(15)3)22(23-19)29-13(4)21(26)27/h5-8,11,13,16H,9-10H2,1-4H3,(H,26,27)/t13-,16-/m1/s1. The van der Waals surface area contributed by atoms with E-state index in [4.69, 9.17) is 9.72 Å². The van der Waals surface area contributed by atoms with Gasteiger partial charge in [-0.3, -0.25) is 14.2 Å². The minimum atomic E-state index is -0.940. The van der Waals surface area contributed by atoms with Crippen LogP contribution in [0, 0.1) is 12.8 Å². The molecule has 0 amide bonds. The highest BCUT2D eigenvalue weighted by Crippen LogP contribution is 2.37. The molecule has 8 heteroatoms. The Morgan fingerprint density at radius 2 is 2.07 bits per heavy atom. The van der Waals surface area contributed by atoms with Gasteiger partial charge in [0.1, 0.15) is 10.1 Å². The molecular weight excluding hydrogens is 420 g/mol. The first-order valence-electron chi connectivity index (χ1n) is 9.92. The summed E-state index contributed by atoms with van der Waals surface area (Å²) in [6, 6.07) is 7.60. The van der Waals surface area contributed by atoms with Crippen molar-refractivity contribution in [1.29, 1.82) is 0 Å². The molecule has 2 aromatic heterocycles. The molecule has 1 aliphatic heterocycles. The molecule has 158 valence electrons. The molecular formula is C22H24N2O4S2. The summed E-state index contributed by atoms with van der Waals surface area (Å²) in [6.07, 6.45) is 0.762. The van der Waals surface area contributed by atoms with Gasteiger partial charge in [0.15, 0.2) is 5.16 Å². The topological polar surface area (TPSA) is 81.4 Å². The van der Waals surface area contributed by atoms with Crippen LogP contribution in [0.4, 0.5) is 0 Å². The zero-order valence-corrected chi connectivity index (χ0v) is 19.0. The third-order valence-electron chi connectivity index (χ3n) is 5.44. The predicted octanol–water partition coefficient (Wildman–Crippen LogP) is 4.42. The Morgan fingerprint density at radius 3 is 2.73 bits per heavy atom. The molecule has 0 saturated heterocycles. The van der Waals surface area contributed by atoms with Crippen LogP contribution in [0.15, 0.2) is 34.2 Å². The Balaban J connectivity index is 1.97. The minimum absolute atomic E-state index is 0.0719. The highest BCUT2D eigenvalue weighted by Gasteiger charge is 2.29. The number of aryl methyl sites for hydroxylation is 1. The lowest BCUT2D eigenvalue weighted by atomic mass is 9.96. The Labute approximate surface area is 182 Å². The fourth-order valence-corrected chi connectivity index (χ4v) is 5.67. The van der Waals surface area contributed by atoms with Gasteiger partial charge in [-0.05, 0) is 37.0 Å². The third kappa shape index (κ3) is 3.68. The monoisotopic (exact) mass is 444 g/mol. The van der Waals surface area contributed by atoms with E-state index in [-0.39, 0.29) is 11.7 Å². The Hall–Kier alpha value is -2.16. The van der Waals surface area contributed by atoms with Crippen LogP contribution in [0.1, 0.15) is 36.8 Å². The maximum Gasteiger partial charge on any atom is 0.316 e. The van der Waals surface area contributed by atoms with Crippen LogP contribution in [0.3, 0.4) is 0 Å². The molecule has 1 aliphatic rings. The molecule has 6 nitrogen and oxygen atoms in total. The molecule has 1 aromatic carbocycles. The molecule has 2 atom stereocenters. The van der Waals surface area contributed by atoms with Crippen molar-refractivity contribution in [3.8, 4) is 5.69 Å². The van der Waals surface area contributed by atoms with Crippen LogP contribution in [-0.2, 0) is 22.6 Å². The van der Waals surface area contributed by atoms with Gasteiger partial charge < -0.3 is 9.84 Å². The van der Waals surface area contributed by atoms with Crippen molar-refractivity contribution in [1.82, 2.24) is 9.55 Å². The lowest BCUT2D eigenvalue weighted by Crippen LogP contribution is -2.28. The fourth-order valence-electron chi connectivity index (χ4n) is 3.65. The second-order valence-corrected chi connectivity index (χ2v) is 10.3. The number of carbonyl (C=O) groups is 1. The number of ether oxygens (including phenoxy) is 1. The average molecular weight is 445 g/mol. The lowest BCUT2D eigenvalue weighted by molar-refractivity contribution is -0.136. The van der Waals surface area contributed by atoms with E-state index in [1.165, 1.54) is 11.3 Å². The van der Waals surface area contributed by atoms with Gasteiger partial charge in [-0.15, -0.1) is 11.3 Å². The normalized spacial score (nSPS) is 17.3. The molecule has 0 bridgehead atoms. The predicted molar refractivity (Wildman–Crippen MR) is 120 cm³/mol. The smallest absolute Gasteiger partial charge is 0.316 e. The number of aliphatic carboxylic acids is 1. The van der Waals surface area contributed by atoms with Crippen molar-refractivity contribution in [3.05, 3.63) is 50.6 Å². The second-order valence-electron chi connectivity index (χ2n) is 7.90. The van der Waals surface area contributed by atoms with Crippen LogP contribution >= 0.6 is 23.1 Å². The van der Waals surface area contributed by atoms with Crippen LogP contribution in [0.2, 0.25) is 0 Å². The van der Waals surface area contributed by atoms with E-state index in [0.717, 1.165) is 33.5 Å². The molecule has 0 fully saturated rings. The number of carboxylic acid groups (broad SMARTS) is 1. The SMILES string of the molecule is Cc1ccccc1-n1c(S[C@H](C)C(=O)O)nc2sc3c(c2c1=O)C[C@H](C(C)C)OC3. The van der Waals surface area contributed by atoms with Crippen molar-refractivity contribution < 1.29 is 14.6 Å². The number of hydrogen-bond acceptors (Lipinski definition) is 6. The molecule has 3 heterocycles. The lowest BCUT2D eigenvalue weighted by Gasteiger charge is -2.26. The number of fused-ring (bicyclic) bond motifs is 3. The molecule has 0 radical (unpaired) electrons. The Bertz CT molecular complexity index is 1180. The van der Waals surface area contributed by atoms with Crippen molar-refractivity contribution in [2.24, 2.45) is 5.92 Å². The van der Waals surface area contributed by atoms with E-state index in [1.54, 1.807) is 11.5 Å². The van der Waals surface area contributed by atoms with Crippen molar-refractivity contribution in [3.63, 3.8) is 0 Å². The number of para-hydroxylation sites is 1. The van der Waals surface area contributed by atoms with Gasteiger partial charge in [0, 0.05) is 11.3 Å². The van der Waals surface area contributed by atoms with E-state index in [9.17, 15) is 14.7 Å². The first kappa shape index (κ1) is 21.1. The number of hydrogen-bond donors (Lipinski definition) is 1. The molecule has 0 spiro atoms. The molecule has 0 saturated carbocycles. The number of rotatable bonds is 5. The van der Waals surface area contributed by atoms with Gasteiger partial charge >= 0.3 is 5.97 Å². The van der Waals surface area contributed by atoms with Gasteiger partial charge in [-0.25, -0.2) is 4.98 Å². The highest BCUT2D eigenvalue weighted by atomic mass is 32.2. The Morgan fingerprint density at radius 1 is 1.33 bits per heavy atom. The summed E-state index contributed by atoms with van der Waals surface area (Å²) in [6.45, 7) is 8.27. The van der Waals surface area contributed by atoms with E-state index < -0.39 is 11.2 Å². The number of thiophene rings is 1. The van der Waals surface area contributed by atoms with Crippen LogP contribution in [-0.4, -0.2) is 32.0 Å². The first-order chi connectivity index (χ1) is 14.3. The molecule has 0 unspecified atom stereocenters. The van der Waals surface area contributed by atoms with E-state index >= 15 is 0 Å². The summed E-state index contributed by atoms with van der Waals surface area (Å²) in [4.78, 5) is 31.7. The Kier molecular flexibility index (Phi) is 5.74. The zero-order chi connectivity index (χ0) is 21.6. The zero-order valence-electron chi connectivity index (χ0n) is 17.3. The summed E-state index contributed by atoms with van der Waals surface area (Å²) in [7, 11) is 0. The quantitative estimate of drug-likeness (QED) is 0.463. The van der Waals surface area contributed by atoms with Crippen LogP contribution in [0.25, 0.3) is 15.9 Å². The highest BCUT2D eigenvalue weighted by molar-refractivity contribution is 8.00. The maximum atomic E-state index is 13.8. The summed E-state index contributed by atoms with van der Waals surface area (Å²) in [5.41, 5.74) is 2.54. The van der Waals surface area contributed by atoms with Crippen molar-refractivity contribution in [2.75, 3.05) is 0 Å². The number of carboxylic acids is 1. The molecule has 3 aromatic rings.